The van der Waals surface area contributed by atoms with Gasteiger partial charge in [0.2, 0.25) is 0 Å². The number of likely N-dealkylation sites (tertiary alicyclic amines) is 1. The van der Waals surface area contributed by atoms with E-state index in [4.69, 9.17) is 39.8 Å². The predicted octanol–water partition coefficient (Wildman–Crippen LogP) is 5.47. The van der Waals surface area contributed by atoms with E-state index in [1.54, 1.807) is 0 Å². The second-order valence-corrected chi connectivity index (χ2v) is 9.73. The molecule has 1 aliphatic rings. The lowest BCUT2D eigenvalue weighted by molar-refractivity contribution is -0.193. The molecule has 4 aromatic rings. The molecule has 0 saturated carbocycles. The van der Waals surface area contributed by atoms with Crippen molar-refractivity contribution in [3.05, 3.63) is 78.8 Å². The van der Waals surface area contributed by atoms with Crippen LogP contribution in [0.3, 0.4) is 0 Å². The van der Waals surface area contributed by atoms with E-state index >= 15 is 0 Å². The van der Waals surface area contributed by atoms with Gasteiger partial charge in [0.1, 0.15) is 0 Å². The lowest BCUT2D eigenvalue weighted by atomic mass is 9.97. The van der Waals surface area contributed by atoms with Crippen LogP contribution >= 0.6 is 0 Å². The third kappa shape index (κ3) is 13.7. The lowest BCUT2D eigenvalue weighted by Gasteiger charge is -2.31. The van der Waals surface area contributed by atoms with Crippen molar-refractivity contribution < 1.29 is 69.2 Å². The van der Waals surface area contributed by atoms with E-state index in [0.717, 1.165) is 60.8 Å². The highest BCUT2D eigenvalue weighted by Gasteiger charge is 2.39. The van der Waals surface area contributed by atoms with E-state index in [-0.39, 0.29) is 0 Å². The summed E-state index contributed by atoms with van der Waals surface area (Å²) in [6.07, 6.45) is -5.42. The zero-order valence-electron chi connectivity index (χ0n) is 24.6. The number of aromatic nitrogens is 5. The number of halogens is 9. The molecule has 0 aliphatic carbocycles. The topological polar surface area (TPSA) is 171 Å². The second-order valence-electron chi connectivity index (χ2n) is 9.73. The number of pyridine rings is 3. The number of rotatable bonds is 4. The van der Waals surface area contributed by atoms with E-state index < -0.39 is 36.4 Å². The van der Waals surface area contributed by atoms with Crippen LogP contribution in [0.15, 0.2) is 67.3 Å². The molecule has 3 N–H and O–H groups in total. The number of piperidine rings is 1. The van der Waals surface area contributed by atoms with Crippen LogP contribution in [0.25, 0.3) is 16.8 Å². The standard InChI is InChI=1S/C22H22N6.3C2HF3O2/c1-2-10-24-20(5-1)16-27-13-3-4-19(14-27)22-25-21-7-6-18(15-28(21)26-22)17-8-11-23-12-9-17;3*3-2(4,5)1(6)7/h1-2,5-12,15,19H,3-4,13-14,16H2;3*(H,6,7). The minimum atomic E-state index is -5.08. The van der Waals surface area contributed by atoms with Crippen molar-refractivity contribution in [1.29, 1.82) is 0 Å². The largest absolute Gasteiger partial charge is 0.490 e. The minimum absolute atomic E-state index is 0.363. The highest BCUT2D eigenvalue weighted by molar-refractivity contribution is 5.73. The first-order valence-electron chi connectivity index (χ1n) is 13.5. The lowest BCUT2D eigenvalue weighted by Crippen LogP contribution is -2.34. The number of carbonyl (C=O) groups is 3. The maximum absolute atomic E-state index is 10.6. The van der Waals surface area contributed by atoms with Crippen LogP contribution < -0.4 is 0 Å². The zero-order valence-corrected chi connectivity index (χ0v) is 24.6. The minimum Gasteiger partial charge on any atom is -0.475 e. The first-order valence-corrected chi connectivity index (χ1v) is 13.5. The van der Waals surface area contributed by atoms with E-state index in [9.17, 15) is 39.5 Å². The van der Waals surface area contributed by atoms with Gasteiger partial charge in [-0.1, -0.05) is 6.07 Å². The second kappa shape index (κ2) is 17.2. The van der Waals surface area contributed by atoms with Gasteiger partial charge in [-0.15, -0.1) is 0 Å². The van der Waals surface area contributed by atoms with Crippen molar-refractivity contribution in [1.82, 2.24) is 29.5 Å². The fraction of sp³-hybridized carbons (Fsp3) is 0.321. The van der Waals surface area contributed by atoms with Crippen molar-refractivity contribution in [3.8, 4) is 11.1 Å². The summed E-state index contributed by atoms with van der Waals surface area (Å²) in [7, 11) is 0. The first kappa shape index (κ1) is 39.8. The van der Waals surface area contributed by atoms with Gasteiger partial charge < -0.3 is 15.3 Å². The summed E-state index contributed by atoms with van der Waals surface area (Å²) in [6, 6.07) is 14.3. The number of carboxylic acids is 3. The predicted molar refractivity (Wildman–Crippen MR) is 149 cm³/mol. The molecule has 21 heteroatoms. The van der Waals surface area contributed by atoms with Gasteiger partial charge in [0.25, 0.3) is 0 Å². The van der Waals surface area contributed by atoms with Crippen molar-refractivity contribution in [2.24, 2.45) is 0 Å². The van der Waals surface area contributed by atoms with Crippen LogP contribution in [-0.4, -0.2) is 94.3 Å². The van der Waals surface area contributed by atoms with Crippen LogP contribution in [0.4, 0.5) is 39.5 Å². The number of hydrogen-bond acceptors (Lipinski definition) is 8. The van der Waals surface area contributed by atoms with Crippen LogP contribution in [0.1, 0.15) is 30.3 Å². The Morgan fingerprint density at radius 1 is 0.755 bits per heavy atom. The summed E-state index contributed by atoms with van der Waals surface area (Å²) in [5, 5.41) is 26.2. The highest BCUT2D eigenvalue weighted by Crippen LogP contribution is 2.27. The normalized spacial score (nSPS) is 15.0. The fourth-order valence-corrected chi connectivity index (χ4v) is 3.92. The number of aliphatic carboxylic acids is 3. The van der Waals surface area contributed by atoms with Gasteiger partial charge in [-0.25, -0.2) is 23.9 Å². The van der Waals surface area contributed by atoms with Gasteiger partial charge in [-0.05, 0) is 61.3 Å². The maximum atomic E-state index is 10.6. The van der Waals surface area contributed by atoms with E-state index in [1.807, 2.05) is 53.4 Å². The summed E-state index contributed by atoms with van der Waals surface area (Å²) in [5.41, 5.74) is 4.27. The highest BCUT2D eigenvalue weighted by atomic mass is 19.4. The Labute approximate surface area is 269 Å². The molecule has 0 aromatic carbocycles. The van der Waals surface area contributed by atoms with Gasteiger partial charge in [0.05, 0.1) is 5.69 Å². The molecule has 1 unspecified atom stereocenters. The third-order valence-corrected chi connectivity index (χ3v) is 6.07. The molecule has 0 amide bonds. The Bertz CT molecular complexity index is 1610. The average molecular weight is 713 g/mol. The van der Waals surface area contributed by atoms with E-state index in [2.05, 4.69) is 33.2 Å². The molecule has 266 valence electrons. The molecule has 12 nitrogen and oxygen atoms in total. The van der Waals surface area contributed by atoms with E-state index in [1.165, 1.54) is 0 Å². The van der Waals surface area contributed by atoms with Crippen LogP contribution in [-0.2, 0) is 20.9 Å². The monoisotopic (exact) mass is 712 g/mol. The van der Waals surface area contributed by atoms with Crippen LogP contribution in [0, 0.1) is 0 Å². The molecule has 4 aromatic heterocycles. The summed E-state index contributed by atoms with van der Waals surface area (Å²) in [6.45, 7) is 2.97. The summed E-state index contributed by atoms with van der Waals surface area (Å²) >= 11 is 0. The average Bonchev–Trinajstić information content (AvgIpc) is 3.45. The number of nitrogens with zero attached hydrogens (tertiary/aromatic N) is 6. The Kier molecular flexibility index (Phi) is 14.0. The number of fused-ring (bicyclic) bond motifs is 1. The molecule has 1 fully saturated rings. The van der Waals surface area contributed by atoms with Gasteiger partial charge >= 0.3 is 36.4 Å². The van der Waals surface area contributed by atoms with Crippen molar-refractivity contribution >= 4 is 23.6 Å². The zero-order chi connectivity index (χ0) is 37.0. The molecule has 0 spiro atoms. The van der Waals surface area contributed by atoms with Crippen molar-refractivity contribution in [2.45, 2.75) is 43.8 Å². The molecular weight excluding hydrogens is 687 g/mol. The number of carboxylic acid groups (broad SMARTS) is 3. The van der Waals surface area contributed by atoms with Gasteiger partial charge in [-0.3, -0.25) is 14.9 Å². The van der Waals surface area contributed by atoms with Crippen LogP contribution in [0.5, 0.6) is 0 Å². The molecule has 0 radical (unpaired) electrons. The molecule has 1 atom stereocenters. The van der Waals surface area contributed by atoms with E-state index in [0.29, 0.717) is 5.92 Å². The van der Waals surface area contributed by atoms with Crippen molar-refractivity contribution in [3.63, 3.8) is 0 Å². The smallest absolute Gasteiger partial charge is 0.475 e. The Morgan fingerprint density at radius 2 is 1.31 bits per heavy atom. The van der Waals surface area contributed by atoms with Gasteiger partial charge in [0, 0.05) is 49.4 Å². The molecule has 5 rings (SSSR count). The van der Waals surface area contributed by atoms with Crippen LogP contribution in [0.2, 0.25) is 0 Å². The third-order valence-electron chi connectivity index (χ3n) is 6.07. The first-order chi connectivity index (χ1) is 22.7. The number of alkyl halides is 9. The molecule has 1 aliphatic heterocycles. The molecule has 0 bridgehead atoms. The molecule has 49 heavy (non-hydrogen) atoms. The van der Waals surface area contributed by atoms with Crippen molar-refractivity contribution in [2.75, 3.05) is 13.1 Å². The van der Waals surface area contributed by atoms with Gasteiger partial charge in [0.15, 0.2) is 11.5 Å². The van der Waals surface area contributed by atoms with Gasteiger partial charge in [-0.2, -0.15) is 44.6 Å². The molecular formula is C28H25F9N6O6. The summed E-state index contributed by atoms with van der Waals surface area (Å²) in [5.74, 6) is -6.97. The Morgan fingerprint density at radius 3 is 1.80 bits per heavy atom. The Balaban J connectivity index is 0.000000325. The number of hydrogen-bond donors (Lipinski definition) is 3. The molecule has 1 saturated heterocycles. The summed E-state index contributed by atoms with van der Waals surface area (Å²) < 4.78 is 97.1. The SMILES string of the molecule is O=C(O)C(F)(F)F.O=C(O)C(F)(F)F.O=C(O)C(F)(F)F.c1ccc(CN2CCCC(c3nc4ccc(-c5ccncc5)cn4n3)C2)nc1. The fourth-order valence-electron chi connectivity index (χ4n) is 3.92. The summed E-state index contributed by atoms with van der Waals surface area (Å²) in [4.78, 5) is 42.5. The molecule has 5 heterocycles. The maximum Gasteiger partial charge on any atom is 0.490 e. The Hall–Kier alpha value is -5.34. The quantitative estimate of drug-likeness (QED) is 0.230.